The maximum Gasteiger partial charge on any atom is 0.255 e. The zero-order valence-corrected chi connectivity index (χ0v) is 26.9. The number of hydrogen-bond donors (Lipinski definition) is 3. The molecule has 9 nitrogen and oxygen atoms in total. The fraction of sp³-hybridized carbons (Fsp3) is 0.256. The number of imide groups is 1. The lowest BCUT2D eigenvalue weighted by molar-refractivity contribution is -0.136. The van der Waals surface area contributed by atoms with Gasteiger partial charge in [-0.25, -0.2) is 0 Å². The van der Waals surface area contributed by atoms with Crippen LogP contribution in [0.5, 0.6) is 11.5 Å². The third-order valence-corrected chi connectivity index (χ3v) is 8.72. The van der Waals surface area contributed by atoms with E-state index in [1.807, 2.05) is 54.6 Å². The van der Waals surface area contributed by atoms with E-state index in [-0.39, 0.29) is 24.0 Å². The topological polar surface area (TPSA) is 117 Å². The van der Waals surface area contributed by atoms with Gasteiger partial charge in [0, 0.05) is 36.3 Å². The van der Waals surface area contributed by atoms with Gasteiger partial charge in [0.25, 0.3) is 5.91 Å². The molecule has 3 N–H and O–H groups in total. The van der Waals surface area contributed by atoms with Crippen LogP contribution in [0.15, 0.2) is 97.1 Å². The maximum atomic E-state index is 13.1. The maximum absolute atomic E-state index is 13.1. The molecule has 0 bridgehead atoms. The number of nitrogens with zero attached hydrogens (tertiary/aromatic N) is 1. The van der Waals surface area contributed by atoms with Crippen LogP contribution in [0.2, 0.25) is 0 Å². The van der Waals surface area contributed by atoms with Gasteiger partial charge < -0.3 is 24.8 Å². The molecule has 1 unspecified atom stereocenters. The third-order valence-electron chi connectivity index (χ3n) is 8.72. The Morgan fingerprint density at radius 2 is 1.58 bits per heavy atom. The van der Waals surface area contributed by atoms with E-state index in [1.54, 1.807) is 23.1 Å². The van der Waals surface area contributed by atoms with Crippen molar-refractivity contribution < 1.29 is 29.0 Å². The highest BCUT2D eigenvalue weighted by molar-refractivity contribution is 6.06. The molecule has 0 aromatic heterocycles. The van der Waals surface area contributed by atoms with E-state index in [1.165, 1.54) is 5.57 Å². The van der Waals surface area contributed by atoms with E-state index in [0.29, 0.717) is 44.9 Å². The van der Waals surface area contributed by atoms with Gasteiger partial charge in [-0.1, -0.05) is 67.6 Å². The monoisotopic (exact) mass is 645 g/mol. The van der Waals surface area contributed by atoms with Crippen LogP contribution in [0.1, 0.15) is 58.8 Å². The molecule has 1 fully saturated rings. The molecule has 3 amide bonds. The van der Waals surface area contributed by atoms with Gasteiger partial charge in [-0.3, -0.25) is 19.7 Å². The first kappa shape index (κ1) is 32.5. The zero-order chi connectivity index (χ0) is 33.5. The minimum absolute atomic E-state index is 0.195. The third kappa shape index (κ3) is 7.26. The Morgan fingerprint density at radius 3 is 2.29 bits per heavy atom. The lowest BCUT2D eigenvalue weighted by Gasteiger charge is -2.29. The van der Waals surface area contributed by atoms with Crippen molar-refractivity contribution in [3.05, 3.63) is 125 Å². The second kappa shape index (κ2) is 15.0. The molecule has 1 saturated heterocycles. The largest absolute Gasteiger partial charge is 0.508 e. The average molecular weight is 646 g/mol. The van der Waals surface area contributed by atoms with Gasteiger partial charge >= 0.3 is 0 Å². The van der Waals surface area contributed by atoms with Crippen molar-refractivity contribution in [2.24, 2.45) is 0 Å². The van der Waals surface area contributed by atoms with Crippen molar-refractivity contribution in [2.45, 2.75) is 38.8 Å². The SMILES string of the molecule is CC/C(=C(\c1ccc(O)cc1)c1ccc(OCCOCCNc2cccc3c2CN(C2CCC(=O)NC2=O)C3=O)cc1)c1ccccc1. The molecular weight excluding hydrogens is 606 g/mol. The molecule has 9 heteroatoms. The number of nitrogens with one attached hydrogen (secondary N) is 2. The van der Waals surface area contributed by atoms with Crippen LogP contribution in [0.3, 0.4) is 0 Å². The molecule has 0 spiro atoms. The molecule has 1 atom stereocenters. The summed E-state index contributed by atoms with van der Waals surface area (Å²) in [6.45, 7) is 4.24. The van der Waals surface area contributed by atoms with E-state index in [0.717, 1.165) is 45.7 Å². The summed E-state index contributed by atoms with van der Waals surface area (Å²) in [6.07, 6.45) is 1.40. The number of fused-ring (bicyclic) bond motifs is 1. The smallest absolute Gasteiger partial charge is 0.255 e. The van der Waals surface area contributed by atoms with Gasteiger partial charge in [-0.05, 0) is 77.1 Å². The van der Waals surface area contributed by atoms with E-state index in [9.17, 15) is 19.5 Å². The highest BCUT2D eigenvalue weighted by Crippen LogP contribution is 2.36. The van der Waals surface area contributed by atoms with Gasteiger partial charge in [0.05, 0.1) is 13.2 Å². The summed E-state index contributed by atoms with van der Waals surface area (Å²) in [6, 6.07) is 30.6. The lowest BCUT2D eigenvalue weighted by Crippen LogP contribution is -2.52. The fourth-order valence-corrected chi connectivity index (χ4v) is 6.36. The number of rotatable bonds is 13. The van der Waals surface area contributed by atoms with Crippen molar-refractivity contribution in [3.63, 3.8) is 0 Å². The summed E-state index contributed by atoms with van der Waals surface area (Å²) < 4.78 is 11.8. The second-order valence-corrected chi connectivity index (χ2v) is 11.8. The Bertz CT molecular complexity index is 1800. The molecule has 48 heavy (non-hydrogen) atoms. The molecule has 4 aromatic rings. The normalized spacial score (nSPS) is 16.3. The number of phenolic OH excluding ortho intramolecular Hbond substituents is 1. The highest BCUT2D eigenvalue weighted by atomic mass is 16.5. The predicted octanol–water partition coefficient (Wildman–Crippen LogP) is 6.03. The Labute approximate surface area is 280 Å². The van der Waals surface area contributed by atoms with Crippen molar-refractivity contribution in [2.75, 3.05) is 31.7 Å². The number of anilines is 1. The molecule has 2 aliphatic rings. The van der Waals surface area contributed by atoms with Crippen LogP contribution in [0, 0.1) is 0 Å². The number of amides is 3. The van der Waals surface area contributed by atoms with Gasteiger partial charge in [-0.15, -0.1) is 0 Å². The number of carbonyl (C=O) groups excluding carboxylic acids is 3. The van der Waals surface area contributed by atoms with Crippen LogP contribution in [-0.2, 0) is 20.9 Å². The summed E-state index contributed by atoms with van der Waals surface area (Å²) in [5.41, 5.74) is 7.83. The van der Waals surface area contributed by atoms with Crippen LogP contribution in [0.25, 0.3) is 11.1 Å². The van der Waals surface area contributed by atoms with Crippen LogP contribution in [-0.4, -0.2) is 60.1 Å². The number of aromatic hydroxyl groups is 1. The molecule has 2 heterocycles. The standard InChI is InChI=1S/C39H39N3O6/c1-2-31(26-7-4-3-5-8-26)37(27-11-15-29(43)16-12-27)28-13-17-30(18-14-28)48-24-23-47-22-21-40-34-10-6-9-32-33(34)25-42(39(32)46)35-19-20-36(44)41-38(35)45/h3-18,35,40,43H,2,19-25H2,1H3,(H,41,44,45)/b37-31-. The fourth-order valence-electron chi connectivity index (χ4n) is 6.36. The second-order valence-electron chi connectivity index (χ2n) is 11.8. The number of piperidine rings is 1. The Morgan fingerprint density at radius 1 is 0.854 bits per heavy atom. The summed E-state index contributed by atoms with van der Waals surface area (Å²) >= 11 is 0. The van der Waals surface area contributed by atoms with Crippen LogP contribution < -0.4 is 15.4 Å². The van der Waals surface area contributed by atoms with Crippen LogP contribution in [0.4, 0.5) is 5.69 Å². The number of ether oxygens (including phenoxy) is 2. The summed E-state index contributed by atoms with van der Waals surface area (Å²) in [4.78, 5) is 38.5. The number of phenols is 1. The van der Waals surface area contributed by atoms with Crippen LogP contribution >= 0.6 is 0 Å². The minimum atomic E-state index is -0.643. The minimum Gasteiger partial charge on any atom is -0.508 e. The average Bonchev–Trinajstić information content (AvgIpc) is 3.44. The summed E-state index contributed by atoms with van der Waals surface area (Å²) in [5, 5.41) is 15.6. The highest BCUT2D eigenvalue weighted by Gasteiger charge is 2.39. The number of carbonyl (C=O) groups is 3. The molecular formula is C39H39N3O6. The summed E-state index contributed by atoms with van der Waals surface area (Å²) in [5.74, 6) is 0.0607. The first-order valence-corrected chi connectivity index (χ1v) is 16.3. The first-order valence-electron chi connectivity index (χ1n) is 16.3. The lowest BCUT2D eigenvalue weighted by atomic mass is 9.88. The van der Waals surface area contributed by atoms with E-state index in [4.69, 9.17) is 9.47 Å². The molecule has 246 valence electrons. The molecule has 4 aromatic carbocycles. The molecule has 0 aliphatic carbocycles. The molecule has 2 aliphatic heterocycles. The van der Waals surface area contributed by atoms with Gasteiger partial charge in [-0.2, -0.15) is 0 Å². The van der Waals surface area contributed by atoms with Crippen molar-refractivity contribution in [1.82, 2.24) is 10.2 Å². The van der Waals surface area contributed by atoms with E-state index in [2.05, 4.69) is 41.8 Å². The van der Waals surface area contributed by atoms with Gasteiger partial charge in [0.1, 0.15) is 24.1 Å². The van der Waals surface area contributed by atoms with Crippen molar-refractivity contribution in [1.29, 1.82) is 0 Å². The van der Waals surface area contributed by atoms with E-state index < -0.39 is 11.9 Å². The first-order chi connectivity index (χ1) is 23.4. The number of benzene rings is 4. The van der Waals surface area contributed by atoms with E-state index >= 15 is 0 Å². The Hall–Kier alpha value is -5.41. The quantitative estimate of drug-likeness (QED) is 0.0924. The zero-order valence-electron chi connectivity index (χ0n) is 26.9. The molecule has 0 radical (unpaired) electrons. The number of hydrogen-bond acceptors (Lipinski definition) is 7. The van der Waals surface area contributed by atoms with Gasteiger partial charge in [0.15, 0.2) is 0 Å². The van der Waals surface area contributed by atoms with Crippen molar-refractivity contribution >= 4 is 34.6 Å². The summed E-state index contributed by atoms with van der Waals surface area (Å²) in [7, 11) is 0. The Balaban J connectivity index is 1.00. The molecule has 0 saturated carbocycles. The number of allylic oxidation sites excluding steroid dienone is 1. The molecule has 6 rings (SSSR count). The predicted molar refractivity (Wildman–Crippen MR) is 184 cm³/mol. The Kier molecular flexibility index (Phi) is 10.2. The van der Waals surface area contributed by atoms with Gasteiger partial charge in [0.2, 0.25) is 11.8 Å². The van der Waals surface area contributed by atoms with Crippen molar-refractivity contribution in [3.8, 4) is 11.5 Å².